The molecule has 3 N–H and O–H groups in total. The molecule has 1 heterocycles. The lowest BCUT2D eigenvalue weighted by Crippen LogP contribution is -2.30. The van der Waals surface area contributed by atoms with Gasteiger partial charge in [-0.05, 0) is 12.2 Å². The van der Waals surface area contributed by atoms with Crippen LogP contribution in [0.4, 0.5) is 0 Å². The summed E-state index contributed by atoms with van der Waals surface area (Å²) in [5.41, 5.74) is 1.64. The molecule has 0 fully saturated rings. The van der Waals surface area contributed by atoms with Crippen LogP contribution in [0.2, 0.25) is 0 Å². The van der Waals surface area contributed by atoms with Gasteiger partial charge >= 0.3 is 5.69 Å². The van der Waals surface area contributed by atoms with Crippen LogP contribution in [-0.4, -0.2) is 27.9 Å². The predicted octanol–water partition coefficient (Wildman–Crippen LogP) is -1.38. The predicted molar refractivity (Wildman–Crippen MR) is 64.6 cm³/mol. The highest BCUT2D eigenvalue weighted by molar-refractivity contribution is 7.80. The molecule has 0 saturated carbocycles. The van der Waals surface area contributed by atoms with E-state index in [4.69, 9.17) is 12.2 Å². The molecule has 1 rings (SSSR count). The molecule has 0 aliphatic carbocycles. The summed E-state index contributed by atoms with van der Waals surface area (Å²) in [5.74, 6) is 0. The van der Waals surface area contributed by atoms with Crippen molar-refractivity contribution in [2.75, 3.05) is 7.05 Å². The summed E-state index contributed by atoms with van der Waals surface area (Å²) in [6.07, 6.45) is 2.85. The maximum atomic E-state index is 11.2. The molecule has 0 aromatic carbocycles. The Morgan fingerprint density at radius 3 is 3.06 bits per heavy atom. The molecule has 0 saturated heterocycles. The first-order chi connectivity index (χ1) is 7.63. The van der Waals surface area contributed by atoms with E-state index in [1.807, 2.05) is 0 Å². The molecule has 1 aromatic rings. The summed E-state index contributed by atoms with van der Waals surface area (Å²) in [6, 6.07) is 1.26. The normalized spacial score (nSPS) is 10.3. The molecule has 0 radical (unpaired) electrons. The Bertz CT molecular complexity index is 504. The second-order valence-corrected chi connectivity index (χ2v) is 3.17. The molecule has 0 spiro atoms. The summed E-state index contributed by atoms with van der Waals surface area (Å²) < 4.78 is 1.30. The van der Waals surface area contributed by atoms with E-state index in [1.54, 1.807) is 7.05 Å². The Balaban J connectivity index is 2.58. The monoisotopic (exact) mass is 241 g/mol. The maximum Gasteiger partial charge on any atom is 0.328 e. The zero-order valence-corrected chi connectivity index (χ0v) is 9.37. The molecule has 1 aromatic heterocycles. The quantitative estimate of drug-likeness (QED) is 0.344. The molecule has 0 bridgehead atoms. The van der Waals surface area contributed by atoms with Gasteiger partial charge in [-0.15, -0.1) is 0 Å². The molecular formula is C8H11N5O2S. The minimum absolute atomic E-state index is 0.245. The molecule has 0 aliphatic rings. The first-order valence-corrected chi connectivity index (χ1v) is 4.83. The van der Waals surface area contributed by atoms with Crippen LogP contribution < -0.4 is 22.0 Å². The fourth-order valence-electron chi connectivity index (χ4n) is 0.877. The average molecular weight is 241 g/mol. The van der Waals surface area contributed by atoms with Crippen molar-refractivity contribution in [1.29, 1.82) is 0 Å². The van der Waals surface area contributed by atoms with E-state index in [0.717, 1.165) is 0 Å². The van der Waals surface area contributed by atoms with Gasteiger partial charge in [0.25, 0.3) is 5.56 Å². The molecular weight excluding hydrogens is 230 g/mol. The highest BCUT2D eigenvalue weighted by Gasteiger charge is 1.93. The van der Waals surface area contributed by atoms with Gasteiger partial charge in [-0.25, -0.2) is 4.79 Å². The Labute approximate surface area is 96.2 Å². The second kappa shape index (κ2) is 5.81. The van der Waals surface area contributed by atoms with Gasteiger partial charge in [0.15, 0.2) is 5.11 Å². The van der Waals surface area contributed by atoms with E-state index in [9.17, 15) is 9.59 Å². The van der Waals surface area contributed by atoms with Crippen LogP contribution in [0, 0.1) is 0 Å². The lowest BCUT2D eigenvalue weighted by molar-refractivity contribution is 0.761. The van der Waals surface area contributed by atoms with Crippen molar-refractivity contribution in [3.05, 3.63) is 33.1 Å². The van der Waals surface area contributed by atoms with Crippen LogP contribution in [0.25, 0.3) is 0 Å². The SMILES string of the molecule is CNC(=S)N/N=C/Cn1ccc(=O)[nH]c1=O. The van der Waals surface area contributed by atoms with E-state index in [0.29, 0.717) is 5.11 Å². The van der Waals surface area contributed by atoms with Gasteiger partial charge in [-0.2, -0.15) is 5.10 Å². The van der Waals surface area contributed by atoms with Gasteiger partial charge in [-0.1, -0.05) is 0 Å². The summed E-state index contributed by atoms with van der Waals surface area (Å²) >= 11 is 4.78. The van der Waals surface area contributed by atoms with Gasteiger partial charge in [0.05, 0.1) is 6.54 Å². The van der Waals surface area contributed by atoms with E-state index in [-0.39, 0.29) is 6.54 Å². The van der Waals surface area contributed by atoms with Crippen LogP contribution in [0.3, 0.4) is 0 Å². The fourth-order valence-corrected chi connectivity index (χ4v) is 0.930. The van der Waals surface area contributed by atoms with Crippen molar-refractivity contribution in [1.82, 2.24) is 20.3 Å². The summed E-state index contributed by atoms with van der Waals surface area (Å²) in [5, 5.41) is 6.82. The lowest BCUT2D eigenvalue weighted by Gasteiger charge is -2.00. The van der Waals surface area contributed by atoms with Crippen molar-refractivity contribution in [2.24, 2.45) is 5.10 Å². The van der Waals surface area contributed by atoms with Crippen LogP contribution in [0.15, 0.2) is 27.0 Å². The number of rotatable bonds is 3. The van der Waals surface area contributed by atoms with Gasteiger partial charge in [0.2, 0.25) is 0 Å². The summed E-state index contributed by atoms with van der Waals surface area (Å²) in [4.78, 5) is 24.1. The number of nitrogens with one attached hydrogen (secondary N) is 3. The zero-order valence-electron chi connectivity index (χ0n) is 8.56. The van der Waals surface area contributed by atoms with E-state index >= 15 is 0 Å². The number of aromatic nitrogens is 2. The Hall–Kier alpha value is -1.96. The first kappa shape index (κ1) is 12.1. The van der Waals surface area contributed by atoms with Gasteiger partial charge < -0.3 is 5.32 Å². The highest BCUT2D eigenvalue weighted by atomic mass is 32.1. The van der Waals surface area contributed by atoms with Crippen LogP contribution in [0.1, 0.15) is 0 Å². The van der Waals surface area contributed by atoms with Crippen molar-refractivity contribution in [3.8, 4) is 0 Å². The van der Waals surface area contributed by atoms with E-state index in [2.05, 4.69) is 20.8 Å². The number of aromatic amines is 1. The Kier molecular flexibility index (Phi) is 4.40. The molecule has 0 aliphatic heterocycles. The van der Waals surface area contributed by atoms with Crippen molar-refractivity contribution in [3.63, 3.8) is 0 Å². The van der Waals surface area contributed by atoms with Crippen LogP contribution in [-0.2, 0) is 6.54 Å². The molecule has 0 amide bonds. The maximum absolute atomic E-state index is 11.2. The fraction of sp³-hybridized carbons (Fsp3) is 0.250. The minimum atomic E-state index is -0.477. The van der Waals surface area contributed by atoms with E-state index in [1.165, 1.54) is 23.0 Å². The Morgan fingerprint density at radius 2 is 2.44 bits per heavy atom. The minimum Gasteiger partial charge on any atom is -0.364 e. The smallest absolute Gasteiger partial charge is 0.328 e. The van der Waals surface area contributed by atoms with Crippen LogP contribution in [0.5, 0.6) is 0 Å². The zero-order chi connectivity index (χ0) is 12.0. The number of hydrazone groups is 1. The lowest BCUT2D eigenvalue weighted by atomic mass is 10.6. The average Bonchev–Trinajstić information content (AvgIpc) is 2.26. The standard InChI is InChI=1S/C8H11N5O2S/c1-9-7(16)12-10-3-5-13-4-2-6(14)11-8(13)15/h2-4H,5H2,1H3,(H2,9,12,16)(H,11,14,15)/b10-3+. The number of H-pyrrole nitrogens is 1. The molecule has 7 nitrogen and oxygen atoms in total. The number of nitrogens with zero attached hydrogens (tertiary/aromatic N) is 2. The molecule has 16 heavy (non-hydrogen) atoms. The third kappa shape index (κ3) is 3.65. The van der Waals surface area contributed by atoms with Gasteiger partial charge in [-0.3, -0.25) is 19.8 Å². The topological polar surface area (TPSA) is 91.3 Å². The van der Waals surface area contributed by atoms with Crippen molar-refractivity contribution < 1.29 is 0 Å². The van der Waals surface area contributed by atoms with Gasteiger partial charge in [0, 0.05) is 25.5 Å². The molecule has 0 unspecified atom stereocenters. The number of hydrogen-bond donors (Lipinski definition) is 3. The molecule has 0 atom stereocenters. The number of thiocarbonyl (C=S) groups is 1. The largest absolute Gasteiger partial charge is 0.364 e. The third-order valence-electron chi connectivity index (χ3n) is 1.66. The van der Waals surface area contributed by atoms with Crippen molar-refractivity contribution >= 4 is 23.5 Å². The number of hydrogen-bond acceptors (Lipinski definition) is 4. The van der Waals surface area contributed by atoms with E-state index < -0.39 is 11.2 Å². The van der Waals surface area contributed by atoms with Gasteiger partial charge in [0.1, 0.15) is 0 Å². The highest BCUT2D eigenvalue weighted by Crippen LogP contribution is 1.73. The summed E-state index contributed by atoms with van der Waals surface area (Å²) in [6.45, 7) is 0.245. The first-order valence-electron chi connectivity index (χ1n) is 4.42. The van der Waals surface area contributed by atoms with Crippen LogP contribution >= 0.6 is 12.2 Å². The Morgan fingerprint density at radius 1 is 1.69 bits per heavy atom. The summed E-state index contributed by atoms with van der Waals surface area (Å²) in [7, 11) is 1.66. The molecule has 8 heteroatoms. The molecule has 86 valence electrons. The van der Waals surface area contributed by atoms with Crippen molar-refractivity contribution in [2.45, 2.75) is 6.54 Å². The third-order valence-corrected chi connectivity index (χ3v) is 1.96. The second-order valence-electron chi connectivity index (χ2n) is 2.77.